The maximum Gasteiger partial charge on any atom is 0.336 e. The molecule has 1 aromatic carbocycles. The minimum absolute atomic E-state index is 0.00681. The van der Waals surface area contributed by atoms with E-state index in [0.29, 0.717) is 5.56 Å². The highest BCUT2D eigenvalue weighted by molar-refractivity contribution is 7.13. The summed E-state index contributed by atoms with van der Waals surface area (Å²) in [7, 11) is 0. The average Bonchev–Trinajstić information content (AvgIpc) is 2.81. The summed E-state index contributed by atoms with van der Waals surface area (Å²) >= 11 is 1.41. The summed E-state index contributed by atoms with van der Waals surface area (Å²) in [6.45, 7) is 0. The topological polar surface area (TPSA) is 74.6 Å². The molecule has 0 unspecified atom stereocenters. The largest absolute Gasteiger partial charge is 0.478 e. The third kappa shape index (κ3) is 2.19. The normalized spacial score (nSPS) is 10.1. The molecule has 0 spiro atoms. The Morgan fingerprint density at radius 3 is 2.35 bits per heavy atom. The molecule has 17 heavy (non-hydrogen) atoms. The lowest BCUT2D eigenvalue weighted by molar-refractivity contribution is 0.0696. The molecule has 0 radical (unpaired) electrons. The third-order valence-electron chi connectivity index (χ3n) is 2.28. The van der Waals surface area contributed by atoms with Crippen LogP contribution >= 0.6 is 11.3 Å². The van der Waals surface area contributed by atoms with Gasteiger partial charge in [0, 0.05) is 10.4 Å². The van der Waals surface area contributed by atoms with Gasteiger partial charge in [-0.3, -0.25) is 0 Å². The van der Waals surface area contributed by atoms with E-state index >= 15 is 0 Å². The molecule has 0 aliphatic rings. The van der Waals surface area contributed by atoms with Gasteiger partial charge in [-0.15, -0.1) is 11.3 Å². The lowest BCUT2D eigenvalue weighted by atomic mass is 10.0. The van der Waals surface area contributed by atoms with Crippen LogP contribution in [0.4, 0.5) is 0 Å². The Kier molecular flexibility index (Phi) is 2.93. The van der Waals surface area contributed by atoms with Crippen molar-refractivity contribution in [2.75, 3.05) is 0 Å². The predicted molar refractivity (Wildman–Crippen MR) is 63.7 cm³/mol. The van der Waals surface area contributed by atoms with Crippen LogP contribution in [0.3, 0.4) is 0 Å². The Hall–Kier alpha value is -2.14. The lowest BCUT2D eigenvalue weighted by Crippen LogP contribution is -2.03. The molecule has 86 valence electrons. The average molecular weight is 248 g/mol. The fraction of sp³-hybridized carbons (Fsp3) is 0. The van der Waals surface area contributed by atoms with Gasteiger partial charge in [-0.05, 0) is 23.6 Å². The first-order valence-corrected chi connectivity index (χ1v) is 5.62. The Morgan fingerprint density at radius 1 is 1.06 bits per heavy atom. The van der Waals surface area contributed by atoms with Gasteiger partial charge in [-0.25, -0.2) is 9.59 Å². The van der Waals surface area contributed by atoms with Crippen LogP contribution in [-0.4, -0.2) is 22.2 Å². The van der Waals surface area contributed by atoms with Crippen LogP contribution in [0.5, 0.6) is 0 Å². The van der Waals surface area contributed by atoms with E-state index in [9.17, 15) is 9.59 Å². The van der Waals surface area contributed by atoms with E-state index < -0.39 is 11.9 Å². The second-order valence-electron chi connectivity index (χ2n) is 3.35. The second-order valence-corrected chi connectivity index (χ2v) is 4.30. The van der Waals surface area contributed by atoms with E-state index in [4.69, 9.17) is 10.2 Å². The molecular weight excluding hydrogens is 240 g/mol. The minimum atomic E-state index is -1.13. The number of hydrogen-bond donors (Lipinski definition) is 2. The maximum absolute atomic E-state index is 11.1. The minimum Gasteiger partial charge on any atom is -0.478 e. The third-order valence-corrected chi connectivity index (χ3v) is 3.19. The van der Waals surface area contributed by atoms with Gasteiger partial charge in [0.25, 0.3) is 0 Å². The molecule has 0 saturated heterocycles. The highest BCUT2D eigenvalue weighted by Crippen LogP contribution is 2.28. The Balaban J connectivity index is 2.61. The van der Waals surface area contributed by atoms with Crippen LogP contribution in [0, 0.1) is 0 Å². The summed E-state index contributed by atoms with van der Waals surface area (Å²) in [5, 5.41) is 19.7. The van der Waals surface area contributed by atoms with Crippen LogP contribution < -0.4 is 0 Å². The van der Waals surface area contributed by atoms with Crippen LogP contribution in [0.15, 0.2) is 35.7 Å². The molecule has 2 aromatic rings. The molecule has 4 nitrogen and oxygen atoms in total. The highest BCUT2D eigenvalue weighted by atomic mass is 32.1. The summed E-state index contributed by atoms with van der Waals surface area (Å²) in [6.07, 6.45) is 0. The second kappa shape index (κ2) is 4.39. The molecule has 0 aliphatic heterocycles. The lowest BCUT2D eigenvalue weighted by Gasteiger charge is -2.05. The first kappa shape index (κ1) is 11.3. The van der Waals surface area contributed by atoms with E-state index in [-0.39, 0.29) is 11.1 Å². The van der Waals surface area contributed by atoms with Gasteiger partial charge in [0.15, 0.2) is 0 Å². The van der Waals surface area contributed by atoms with Crippen LogP contribution in [-0.2, 0) is 0 Å². The molecule has 0 bridgehead atoms. The fourth-order valence-corrected chi connectivity index (χ4v) is 2.27. The van der Waals surface area contributed by atoms with Gasteiger partial charge in [0.2, 0.25) is 0 Å². The Morgan fingerprint density at radius 2 is 1.82 bits per heavy atom. The number of carboxylic acids is 2. The van der Waals surface area contributed by atoms with Gasteiger partial charge in [0.05, 0.1) is 11.1 Å². The number of carbonyl (C=O) groups is 2. The zero-order valence-electron chi connectivity index (χ0n) is 8.58. The summed E-state index contributed by atoms with van der Waals surface area (Å²) in [4.78, 5) is 22.7. The first-order valence-electron chi connectivity index (χ1n) is 4.74. The Labute approximate surface area is 101 Å². The Bertz CT molecular complexity index is 572. The zero-order chi connectivity index (χ0) is 12.4. The zero-order valence-corrected chi connectivity index (χ0v) is 9.40. The van der Waals surface area contributed by atoms with Crippen molar-refractivity contribution in [2.24, 2.45) is 0 Å². The SMILES string of the molecule is O=C(O)c1ccc(-c2cccs2)c(C(=O)O)c1. The molecule has 0 amide bonds. The van der Waals surface area contributed by atoms with Gasteiger partial charge < -0.3 is 10.2 Å². The van der Waals surface area contributed by atoms with Crippen LogP contribution in [0.25, 0.3) is 10.4 Å². The molecule has 0 atom stereocenters. The quantitative estimate of drug-likeness (QED) is 0.875. The van der Waals surface area contributed by atoms with Crippen molar-refractivity contribution < 1.29 is 19.8 Å². The van der Waals surface area contributed by atoms with Gasteiger partial charge in [-0.1, -0.05) is 12.1 Å². The summed E-state index contributed by atoms with van der Waals surface area (Å²) < 4.78 is 0. The predicted octanol–water partition coefficient (Wildman–Crippen LogP) is 2.81. The van der Waals surface area contributed by atoms with Gasteiger partial charge in [0.1, 0.15) is 0 Å². The van der Waals surface area contributed by atoms with E-state index in [0.717, 1.165) is 4.88 Å². The molecule has 1 aromatic heterocycles. The van der Waals surface area contributed by atoms with Gasteiger partial charge in [-0.2, -0.15) is 0 Å². The smallest absolute Gasteiger partial charge is 0.336 e. The van der Waals surface area contributed by atoms with Crippen molar-refractivity contribution in [3.05, 3.63) is 46.8 Å². The number of carboxylic acid groups (broad SMARTS) is 2. The number of hydrogen-bond acceptors (Lipinski definition) is 3. The number of thiophene rings is 1. The standard InChI is InChI=1S/C12H8O4S/c13-11(14)7-3-4-8(9(6-7)12(15)16)10-2-1-5-17-10/h1-6H,(H,13,14)(H,15,16). The van der Waals surface area contributed by atoms with E-state index in [2.05, 4.69) is 0 Å². The van der Waals surface area contributed by atoms with E-state index in [1.807, 2.05) is 11.4 Å². The molecule has 5 heteroatoms. The highest BCUT2D eigenvalue weighted by Gasteiger charge is 2.15. The monoisotopic (exact) mass is 248 g/mol. The molecule has 2 rings (SSSR count). The number of benzene rings is 1. The summed E-state index contributed by atoms with van der Waals surface area (Å²) in [5.41, 5.74) is 0.521. The summed E-state index contributed by atoms with van der Waals surface area (Å²) in [6, 6.07) is 7.73. The molecule has 0 saturated carbocycles. The maximum atomic E-state index is 11.1. The van der Waals surface area contributed by atoms with Gasteiger partial charge >= 0.3 is 11.9 Å². The van der Waals surface area contributed by atoms with Crippen molar-refractivity contribution in [2.45, 2.75) is 0 Å². The number of rotatable bonds is 3. The van der Waals surface area contributed by atoms with Crippen molar-refractivity contribution in [3.8, 4) is 10.4 Å². The van der Waals surface area contributed by atoms with E-state index in [1.165, 1.54) is 29.5 Å². The molecule has 0 aliphatic carbocycles. The first-order chi connectivity index (χ1) is 8.09. The molecule has 1 heterocycles. The van der Waals surface area contributed by atoms with Crippen molar-refractivity contribution >= 4 is 23.3 Å². The molecule has 0 fully saturated rings. The van der Waals surface area contributed by atoms with Crippen LogP contribution in [0.2, 0.25) is 0 Å². The van der Waals surface area contributed by atoms with E-state index in [1.54, 1.807) is 6.07 Å². The number of aromatic carboxylic acids is 2. The molecular formula is C12H8O4S. The van der Waals surface area contributed by atoms with Crippen molar-refractivity contribution in [3.63, 3.8) is 0 Å². The van der Waals surface area contributed by atoms with Crippen LogP contribution in [0.1, 0.15) is 20.7 Å². The summed E-state index contributed by atoms with van der Waals surface area (Å²) in [5.74, 6) is -2.26. The fourth-order valence-electron chi connectivity index (χ4n) is 1.50. The molecule has 2 N–H and O–H groups in total. The van der Waals surface area contributed by atoms with Crippen molar-refractivity contribution in [1.29, 1.82) is 0 Å². The van der Waals surface area contributed by atoms with Crippen molar-refractivity contribution in [1.82, 2.24) is 0 Å².